The van der Waals surface area contributed by atoms with Crippen molar-refractivity contribution >= 4 is 22.4 Å². The van der Waals surface area contributed by atoms with Crippen LogP contribution in [0.15, 0.2) is 18.3 Å². The molecule has 6 nitrogen and oxygen atoms in total. The molecule has 0 radical (unpaired) electrons. The molecule has 0 saturated carbocycles. The summed E-state index contributed by atoms with van der Waals surface area (Å²) in [5, 5.41) is 3.31. The average Bonchev–Trinajstić information content (AvgIpc) is 2.95. The Hall–Kier alpha value is -2.15. The fourth-order valence-electron chi connectivity index (χ4n) is 1.64. The van der Waals surface area contributed by atoms with Crippen LogP contribution in [0.1, 0.15) is 35.0 Å². The number of nitrogens with zero attached hydrogens (tertiary/aromatic N) is 2. The number of anilines is 1. The molecule has 0 spiro atoms. The van der Waals surface area contributed by atoms with E-state index in [4.69, 9.17) is 9.47 Å². The van der Waals surface area contributed by atoms with Gasteiger partial charge in [-0.05, 0) is 12.0 Å². The molecule has 0 aliphatic heterocycles. The molecule has 7 heteroatoms. The molecule has 1 amide bonds. The van der Waals surface area contributed by atoms with Crippen molar-refractivity contribution in [3.63, 3.8) is 0 Å². The number of aromatic nitrogens is 2. The number of methoxy groups -OCH3 is 2. The Bertz CT molecular complexity index is 640. The maximum Gasteiger partial charge on any atom is 0.262 e. The number of nitrogens with one attached hydrogen (secondary N) is 1. The normalized spacial score (nSPS) is 10.5. The molecule has 2 aromatic rings. The van der Waals surface area contributed by atoms with Gasteiger partial charge in [-0.15, -0.1) is 11.3 Å². The molecule has 0 fully saturated rings. The quantitative estimate of drug-likeness (QED) is 0.919. The number of pyridine rings is 1. The summed E-state index contributed by atoms with van der Waals surface area (Å²) in [6, 6.07) is 3.22. The molecular weight excluding hydrogens is 290 g/mol. The van der Waals surface area contributed by atoms with Gasteiger partial charge in [0.25, 0.3) is 5.91 Å². The molecule has 112 valence electrons. The van der Waals surface area contributed by atoms with Gasteiger partial charge in [0.15, 0.2) is 5.13 Å². The highest BCUT2D eigenvalue weighted by molar-refractivity contribution is 7.15. The Kier molecular flexibility index (Phi) is 4.74. The molecule has 0 aliphatic carbocycles. The number of ether oxygens (including phenoxy) is 2. The number of carbonyl (C=O) groups excluding carboxylic acids is 1. The van der Waals surface area contributed by atoms with E-state index in [9.17, 15) is 4.79 Å². The molecule has 0 unspecified atom stereocenters. The van der Waals surface area contributed by atoms with Gasteiger partial charge in [-0.1, -0.05) is 13.8 Å². The van der Waals surface area contributed by atoms with E-state index in [0.29, 0.717) is 22.5 Å². The summed E-state index contributed by atoms with van der Waals surface area (Å²) in [6.45, 7) is 4.16. The van der Waals surface area contributed by atoms with Gasteiger partial charge in [-0.25, -0.2) is 4.98 Å². The second kappa shape index (κ2) is 6.53. The summed E-state index contributed by atoms with van der Waals surface area (Å²) in [7, 11) is 2.96. The minimum absolute atomic E-state index is 0.215. The number of amides is 1. The number of hydrogen-bond acceptors (Lipinski definition) is 6. The lowest BCUT2D eigenvalue weighted by Gasteiger charge is -2.08. The molecular formula is C14H17N3O3S. The smallest absolute Gasteiger partial charge is 0.262 e. The third kappa shape index (κ3) is 3.49. The Morgan fingerprint density at radius 1 is 1.29 bits per heavy atom. The summed E-state index contributed by atoms with van der Waals surface area (Å²) in [5.41, 5.74) is 0.333. The van der Waals surface area contributed by atoms with Gasteiger partial charge < -0.3 is 9.47 Å². The maximum absolute atomic E-state index is 12.3. The maximum atomic E-state index is 12.3. The first-order valence-corrected chi connectivity index (χ1v) is 7.23. The SMILES string of the molecule is COc1ccc(C(=O)Nc2ncc(C(C)C)s2)c(OC)n1. The van der Waals surface area contributed by atoms with E-state index in [1.54, 1.807) is 18.3 Å². The fourth-order valence-corrected chi connectivity index (χ4v) is 2.45. The van der Waals surface area contributed by atoms with Crippen LogP contribution < -0.4 is 14.8 Å². The summed E-state index contributed by atoms with van der Waals surface area (Å²) < 4.78 is 10.1. The van der Waals surface area contributed by atoms with Crippen LogP contribution in [0.2, 0.25) is 0 Å². The Labute approximate surface area is 127 Å². The number of hydrogen-bond donors (Lipinski definition) is 1. The number of thiazole rings is 1. The molecule has 0 aromatic carbocycles. The van der Waals surface area contributed by atoms with Crippen molar-refractivity contribution in [1.82, 2.24) is 9.97 Å². The molecule has 0 bridgehead atoms. The second-order valence-corrected chi connectivity index (χ2v) is 5.65. The van der Waals surface area contributed by atoms with Gasteiger partial charge >= 0.3 is 0 Å². The molecule has 2 heterocycles. The first kappa shape index (κ1) is 15.2. The van der Waals surface area contributed by atoms with Crippen molar-refractivity contribution in [2.75, 3.05) is 19.5 Å². The molecule has 2 rings (SSSR count). The number of carbonyl (C=O) groups is 1. The van der Waals surface area contributed by atoms with Crippen molar-refractivity contribution in [3.05, 3.63) is 28.8 Å². The summed E-state index contributed by atoms with van der Waals surface area (Å²) >= 11 is 1.46. The van der Waals surface area contributed by atoms with Gasteiger partial charge in [0.2, 0.25) is 11.8 Å². The van der Waals surface area contributed by atoms with Gasteiger partial charge in [0, 0.05) is 17.1 Å². The van der Waals surface area contributed by atoms with Crippen LogP contribution in [0.5, 0.6) is 11.8 Å². The molecule has 0 atom stereocenters. The average molecular weight is 307 g/mol. The largest absolute Gasteiger partial charge is 0.481 e. The lowest BCUT2D eigenvalue weighted by atomic mass is 10.2. The van der Waals surface area contributed by atoms with Crippen molar-refractivity contribution < 1.29 is 14.3 Å². The Morgan fingerprint density at radius 3 is 2.62 bits per heavy atom. The molecule has 1 N–H and O–H groups in total. The van der Waals surface area contributed by atoms with Crippen molar-refractivity contribution in [2.45, 2.75) is 19.8 Å². The topological polar surface area (TPSA) is 73.3 Å². The molecule has 21 heavy (non-hydrogen) atoms. The van der Waals surface area contributed by atoms with Crippen LogP contribution in [0, 0.1) is 0 Å². The van der Waals surface area contributed by atoms with Crippen molar-refractivity contribution in [2.24, 2.45) is 0 Å². The third-order valence-corrected chi connectivity index (χ3v) is 4.01. The van der Waals surface area contributed by atoms with E-state index in [1.807, 2.05) is 0 Å². The lowest BCUT2D eigenvalue weighted by molar-refractivity contribution is 0.102. The Morgan fingerprint density at radius 2 is 2.05 bits per heavy atom. The molecule has 0 aliphatic rings. The van der Waals surface area contributed by atoms with Gasteiger partial charge in [-0.3, -0.25) is 10.1 Å². The van der Waals surface area contributed by atoms with E-state index >= 15 is 0 Å². The fraction of sp³-hybridized carbons (Fsp3) is 0.357. The van der Waals surface area contributed by atoms with E-state index in [0.717, 1.165) is 4.88 Å². The van der Waals surface area contributed by atoms with Gasteiger partial charge in [0.05, 0.1) is 14.2 Å². The highest BCUT2D eigenvalue weighted by Crippen LogP contribution is 2.26. The van der Waals surface area contributed by atoms with Gasteiger partial charge in [0.1, 0.15) is 5.56 Å². The van der Waals surface area contributed by atoms with E-state index in [-0.39, 0.29) is 11.8 Å². The van der Waals surface area contributed by atoms with E-state index in [1.165, 1.54) is 25.6 Å². The standard InChI is InChI=1S/C14H17N3O3S/c1-8(2)10-7-15-14(21-10)17-12(18)9-5-6-11(19-3)16-13(9)20-4/h5-8H,1-4H3,(H,15,17,18). The summed E-state index contributed by atoms with van der Waals surface area (Å²) in [6.07, 6.45) is 1.77. The predicted molar refractivity (Wildman–Crippen MR) is 81.5 cm³/mol. The van der Waals surface area contributed by atoms with Crippen LogP contribution in [-0.4, -0.2) is 30.1 Å². The minimum atomic E-state index is -0.313. The van der Waals surface area contributed by atoms with E-state index < -0.39 is 0 Å². The zero-order valence-electron chi connectivity index (χ0n) is 12.3. The van der Waals surface area contributed by atoms with Crippen LogP contribution in [0.25, 0.3) is 0 Å². The van der Waals surface area contributed by atoms with Crippen molar-refractivity contribution in [1.29, 1.82) is 0 Å². The Balaban J connectivity index is 2.19. The van der Waals surface area contributed by atoms with Crippen molar-refractivity contribution in [3.8, 4) is 11.8 Å². The van der Waals surface area contributed by atoms with Crippen LogP contribution in [-0.2, 0) is 0 Å². The van der Waals surface area contributed by atoms with E-state index in [2.05, 4.69) is 29.1 Å². The zero-order valence-corrected chi connectivity index (χ0v) is 13.2. The third-order valence-electron chi connectivity index (χ3n) is 2.79. The summed E-state index contributed by atoms with van der Waals surface area (Å²) in [5.74, 6) is 0.671. The van der Waals surface area contributed by atoms with Crippen LogP contribution in [0.4, 0.5) is 5.13 Å². The van der Waals surface area contributed by atoms with Gasteiger partial charge in [-0.2, -0.15) is 4.98 Å². The predicted octanol–water partition coefficient (Wildman–Crippen LogP) is 2.93. The summed E-state index contributed by atoms with van der Waals surface area (Å²) in [4.78, 5) is 21.7. The first-order valence-electron chi connectivity index (χ1n) is 6.41. The zero-order chi connectivity index (χ0) is 15.4. The molecule has 0 saturated heterocycles. The first-order chi connectivity index (χ1) is 10.0. The molecule has 2 aromatic heterocycles. The highest BCUT2D eigenvalue weighted by Gasteiger charge is 2.16. The highest BCUT2D eigenvalue weighted by atomic mass is 32.1. The monoisotopic (exact) mass is 307 g/mol. The second-order valence-electron chi connectivity index (χ2n) is 4.59. The minimum Gasteiger partial charge on any atom is -0.481 e. The lowest BCUT2D eigenvalue weighted by Crippen LogP contribution is -2.13. The number of rotatable bonds is 5. The van der Waals surface area contributed by atoms with Crippen LogP contribution in [0.3, 0.4) is 0 Å². The van der Waals surface area contributed by atoms with Crippen LogP contribution >= 0.6 is 11.3 Å².